The van der Waals surface area contributed by atoms with Crippen LogP contribution in [-0.4, -0.2) is 50.1 Å². The van der Waals surface area contributed by atoms with Crippen molar-refractivity contribution in [3.05, 3.63) is 0 Å². The van der Waals surface area contributed by atoms with E-state index in [4.69, 9.17) is 5.73 Å². The Bertz CT molecular complexity index is 520. The molecule has 1 fully saturated rings. The minimum absolute atomic E-state index is 0.124. The summed E-state index contributed by atoms with van der Waals surface area (Å²) in [6, 6.07) is 0. The van der Waals surface area contributed by atoms with Gasteiger partial charge in [-0.1, -0.05) is 0 Å². The second-order valence-electron chi connectivity index (χ2n) is 4.70. The fourth-order valence-corrected chi connectivity index (χ4v) is 4.53. The Morgan fingerprint density at radius 2 is 2.17 bits per heavy atom. The van der Waals surface area contributed by atoms with Crippen molar-refractivity contribution in [3.8, 4) is 0 Å². The molecule has 0 saturated heterocycles. The van der Waals surface area contributed by atoms with Crippen molar-refractivity contribution >= 4 is 32.2 Å². The van der Waals surface area contributed by atoms with Gasteiger partial charge < -0.3 is 16.0 Å². The highest BCUT2D eigenvalue weighted by atomic mass is 32.2. The van der Waals surface area contributed by atoms with E-state index in [1.54, 1.807) is 0 Å². The smallest absolute Gasteiger partial charge is 0.187 e. The van der Waals surface area contributed by atoms with Gasteiger partial charge in [0.05, 0.1) is 5.25 Å². The van der Waals surface area contributed by atoms with Gasteiger partial charge in [0.1, 0.15) is 9.90 Å². The first kappa shape index (κ1) is 13.6. The molecule has 0 amide bonds. The fourth-order valence-electron chi connectivity index (χ4n) is 1.62. The van der Waals surface area contributed by atoms with Crippen molar-refractivity contribution in [1.29, 1.82) is 0 Å². The van der Waals surface area contributed by atoms with E-state index >= 15 is 0 Å². The minimum atomic E-state index is -3.29. The quantitative estimate of drug-likeness (QED) is 0.799. The third-order valence-electron chi connectivity index (χ3n) is 2.77. The average Bonchev–Trinajstić information content (AvgIpc) is 3.04. The monoisotopic (exact) mass is 290 g/mol. The Kier molecular flexibility index (Phi) is 3.79. The number of hydrogen-bond donors (Lipinski definition) is 2. The molecule has 2 rings (SSSR count). The Labute approximate surface area is 111 Å². The largest absolute Gasteiger partial charge is 0.382 e. The highest BCUT2D eigenvalue weighted by Gasteiger charge is 2.40. The van der Waals surface area contributed by atoms with Crippen LogP contribution in [0, 0.1) is 0 Å². The first-order valence-corrected chi connectivity index (χ1v) is 8.12. The number of sulfone groups is 1. The average molecular weight is 290 g/mol. The summed E-state index contributed by atoms with van der Waals surface area (Å²) in [6.07, 6.45) is 1.46. The molecule has 0 radical (unpaired) electrons. The summed E-state index contributed by atoms with van der Waals surface area (Å²) in [4.78, 5) is 2.22. The predicted molar refractivity (Wildman–Crippen MR) is 73.8 cm³/mol. The Morgan fingerprint density at radius 3 is 2.72 bits per heavy atom. The molecule has 0 aromatic carbocycles. The molecule has 6 nitrogen and oxygen atoms in total. The van der Waals surface area contributed by atoms with Crippen molar-refractivity contribution in [1.82, 2.24) is 9.27 Å². The topological polar surface area (TPSA) is 88.3 Å². The van der Waals surface area contributed by atoms with E-state index in [1.807, 2.05) is 19.0 Å². The van der Waals surface area contributed by atoms with Gasteiger partial charge in [-0.3, -0.25) is 0 Å². The highest BCUT2D eigenvalue weighted by Crippen LogP contribution is 2.40. The summed E-state index contributed by atoms with van der Waals surface area (Å²) < 4.78 is 28.4. The van der Waals surface area contributed by atoms with Gasteiger partial charge in [0.15, 0.2) is 15.7 Å². The molecule has 0 spiro atoms. The van der Waals surface area contributed by atoms with Crippen LogP contribution in [0.15, 0.2) is 4.90 Å². The Morgan fingerprint density at radius 1 is 1.50 bits per heavy atom. The number of hydrogen-bond acceptors (Lipinski definition) is 7. The second kappa shape index (κ2) is 5.02. The lowest BCUT2D eigenvalue weighted by molar-refractivity contribution is 0.425. The molecule has 1 aromatic rings. The number of nitrogen functional groups attached to an aromatic ring is 1. The van der Waals surface area contributed by atoms with Crippen LogP contribution in [0.2, 0.25) is 0 Å². The van der Waals surface area contributed by atoms with Crippen LogP contribution in [0.4, 0.5) is 10.8 Å². The third kappa shape index (κ3) is 2.76. The SMILES string of the molecule is CN(C)CCNc1snc(N)c1S(=O)(=O)C1CC1. The molecule has 1 aromatic heterocycles. The van der Waals surface area contributed by atoms with Crippen molar-refractivity contribution in [2.75, 3.05) is 38.2 Å². The standard InChI is InChI=1S/C10H18N4O2S2/c1-14(2)6-5-12-10-8(9(11)13-17-10)18(15,16)7-3-4-7/h7,12H,3-6H2,1-2H3,(H2,11,13). The van der Waals surface area contributed by atoms with Crippen LogP contribution in [0.1, 0.15) is 12.8 Å². The molecular formula is C10H18N4O2S2. The number of nitrogens with one attached hydrogen (secondary N) is 1. The maximum Gasteiger partial charge on any atom is 0.187 e. The summed E-state index contributed by atoms with van der Waals surface area (Å²) >= 11 is 1.12. The van der Waals surface area contributed by atoms with Crippen LogP contribution in [-0.2, 0) is 9.84 Å². The van der Waals surface area contributed by atoms with E-state index in [2.05, 4.69) is 9.69 Å². The zero-order valence-electron chi connectivity index (χ0n) is 10.5. The van der Waals surface area contributed by atoms with E-state index in [1.165, 1.54) is 0 Å². The summed E-state index contributed by atoms with van der Waals surface area (Å²) in [7, 11) is 0.638. The first-order chi connectivity index (χ1) is 8.43. The maximum atomic E-state index is 12.2. The van der Waals surface area contributed by atoms with Gasteiger partial charge in [-0.15, -0.1) is 0 Å². The first-order valence-electron chi connectivity index (χ1n) is 5.80. The molecule has 18 heavy (non-hydrogen) atoms. The molecule has 1 saturated carbocycles. The lowest BCUT2D eigenvalue weighted by Crippen LogP contribution is -2.21. The summed E-state index contributed by atoms with van der Waals surface area (Å²) in [5, 5.41) is 3.42. The van der Waals surface area contributed by atoms with Gasteiger partial charge in [-0.25, -0.2) is 8.42 Å². The molecule has 0 aliphatic heterocycles. The number of nitrogens with zero attached hydrogens (tertiary/aromatic N) is 2. The molecule has 8 heteroatoms. The zero-order valence-corrected chi connectivity index (χ0v) is 12.1. The number of rotatable bonds is 6. The van der Waals surface area contributed by atoms with Crippen LogP contribution in [0.5, 0.6) is 0 Å². The molecule has 0 atom stereocenters. The lowest BCUT2D eigenvalue weighted by Gasteiger charge is -2.11. The van der Waals surface area contributed by atoms with Crippen LogP contribution < -0.4 is 11.1 Å². The van der Waals surface area contributed by atoms with Crippen LogP contribution >= 0.6 is 11.5 Å². The minimum Gasteiger partial charge on any atom is -0.382 e. The van der Waals surface area contributed by atoms with Crippen LogP contribution in [0.3, 0.4) is 0 Å². The predicted octanol–water partition coefficient (Wildman–Crippen LogP) is 0.635. The van der Waals surface area contributed by atoms with Crippen molar-refractivity contribution in [2.24, 2.45) is 0 Å². The van der Waals surface area contributed by atoms with Crippen molar-refractivity contribution in [3.63, 3.8) is 0 Å². The third-order valence-corrected chi connectivity index (χ3v) is 6.05. The van der Waals surface area contributed by atoms with E-state index in [0.717, 1.165) is 30.9 Å². The van der Waals surface area contributed by atoms with Crippen molar-refractivity contribution < 1.29 is 8.42 Å². The van der Waals surface area contributed by atoms with Crippen LogP contribution in [0.25, 0.3) is 0 Å². The Balaban J connectivity index is 2.17. The summed E-state index contributed by atoms with van der Waals surface area (Å²) in [5.74, 6) is 0.124. The maximum absolute atomic E-state index is 12.2. The molecule has 3 N–H and O–H groups in total. The highest BCUT2D eigenvalue weighted by molar-refractivity contribution is 7.92. The number of aromatic nitrogens is 1. The zero-order chi connectivity index (χ0) is 13.3. The normalized spacial score (nSPS) is 16.2. The van der Waals surface area contributed by atoms with Gasteiger partial charge >= 0.3 is 0 Å². The molecule has 0 bridgehead atoms. The van der Waals surface area contributed by atoms with Gasteiger partial charge in [0, 0.05) is 13.1 Å². The fraction of sp³-hybridized carbons (Fsp3) is 0.700. The van der Waals surface area contributed by atoms with Gasteiger partial charge in [-0.05, 0) is 38.5 Å². The molecule has 1 aliphatic rings. The van der Waals surface area contributed by atoms with E-state index in [0.29, 0.717) is 11.5 Å². The lowest BCUT2D eigenvalue weighted by atomic mass is 10.5. The molecule has 0 unspecified atom stereocenters. The van der Waals surface area contributed by atoms with Gasteiger partial charge in [0.2, 0.25) is 0 Å². The van der Waals surface area contributed by atoms with E-state index < -0.39 is 9.84 Å². The number of nitrogens with two attached hydrogens (primary N) is 1. The second-order valence-corrected chi connectivity index (χ2v) is 7.64. The number of likely N-dealkylation sites (N-methyl/N-ethyl adjacent to an activating group) is 1. The van der Waals surface area contributed by atoms with E-state index in [-0.39, 0.29) is 16.0 Å². The summed E-state index contributed by atoms with van der Waals surface area (Å²) in [5.41, 5.74) is 5.69. The molecular weight excluding hydrogens is 272 g/mol. The number of anilines is 2. The summed E-state index contributed by atoms with van der Waals surface area (Å²) in [6.45, 7) is 1.49. The van der Waals surface area contributed by atoms with Gasteiger partial charge in [-0.2, -0.15) is 4.37 Å². The van der Waals surface area contributed by atoms with Gasteiger partial charge in [0.25, 0.3) is 0 Å². The van der Waals surface area contributed by atoms with E-state index in [9.17, 15) is 8.42 Å². The van der Waals surface area contributed by atoms with Crippen molar-refractivity contribution in [2.45, 2.75) is 23.0 Å². The molecule has 1 heterocycles. The molecule has 102 valence electrons. The Hall–Kier alpha value is -0.860. The molecule has 1 aliphatic carbocycles.